The smallest absolute Gasteiger partial charge is 0.407 e. The van der Waals surface area contributed by atoms with Crippen molar-refractivity contribution >= 4 is 17.7 Å². The molecule has 2 rings (SSSR count). The van der Waals surface area contributed by atoms with Gasteiger partial charge in [-0.1, -0.05) is 0 Å². The Morgan fingerprint density at radius 1 is 1.28 bits per heavy atom. The van der Waals surface area contributed by atoms with Gasteiger partial charge in [0.2, 0.25) is 5.91 Å². The van der Waals surface area contributed by atoms with E-state index in [1.54, 1.807) is 19.1 Å². The van der Waals surface area contributed by atoms with Crippen molar-refractivity contribution in [2.45, 2.75) is 27.2 Å². The van der Waals surface area contributed by atoms with Crippen molar-refractivity contribution < 1.29 is 18.7 Å². The highest BCUT2D eigenvalue weighted by Crippen LogP contribution is 2.20. The average molecular weight is 348 g/mol. The van der Waals surface area contributed by atoms with E-state index in [1.165, 1.54) is 10.7 Å². The summed E-state index contributed by atoms with van der Waals surface area (Å²) in [5.74, 6) is -0.830. The number of aryl methyl sites for hydroxylation is 2. The van der Waals surface area contributed by atoms with E-state index in [-0.39, 0.29) is 25.5 Å². The number of nitrogens with one attached hydrogen (secondary N) is 2. The quantitative estimate of drug-likeness (QED) is 0.840. The molecular weight excluding hydrogens is 327 g/mol. The zero-order valence-electron chi connectivity index (χ0n) is 14.4. The number of alkyl carbamates (subject to hydrolysis) is 1. The summed E-state index contributed by atoms with van der Waals surface area (Å²) < 4.78 is 20.5. The Morgan fingerprint density at radius 2 is 2.04 bits per heavy atom. The molecule has 0 radical (unpaired) electrons. The third kappa shape index (κ3) is 5.03. The molecule has 134 valence electrons. The molecule has 0 spiro atoms. The molecule has 25 heavy (non-hydrogen) atoms. The van der Waals surface area contributed by atoms with E-state index >= 15 is 0 Å². The van der Waals surface area contributed by atoms with Crippen molar-refractivity contribution in [3.63, 3.8) is 0 Å². The van der Waals surface area contributed by atoms with Gasteiger partial charge in [0.25, 0.3) is 0 Å². The minimum atomic E-state index is -0.574. The maximum absolute atomic E-state index is 14.3. The first-order valence-electron chi connectivity index (χ1n) is 7.94. The molecule has 1 aromatic carbocycles. The highest BCUT2D eigenvalue weighted by molar-refractivity contribution is 5.91. The second-order valence-electron chi connectivity index (χ2n) is 5.45. The number of amides is 2. The third-order valence-corrected chi connectivity index (χ3v) is 3.37. The first-order valence-corrected chi connectivity index (χ1v) is 7.94. The van der Waals surface area contributed by atoms with Gasteiger partial charge in [-0.05, 0) is 45.0 Å². The van der Waals surface area contributed by atoms with Crippen LogP contribution in [0.4, 0.5) is 14.9 Å². The fraction of sp³-hybridized carbons (Fsp3) is 0.353. The lowest BCUT2D eigenvalue weighted by Crippen LogP contribution is -2.28. The summed E-state index contributed by atoms with van der Waals surface area (Å²) in [4.78, 5) is 22.9. The number of aromatic nitrogens is 2. The molecule has 8 heteroatoms. The monoisotopic (exact) mass is 348 g/mol. The minimum Gasteiger partial charge on any atom is -0.450 e. The molecule has 1 aromatic heterocycles. The topological polar surface area (TPSA) is 85.2 Å². The van der Waals surface area contributed by atoms with E-state index in [4.69, 9.17) is 0 Å². The normalized spacial score (nSPS) is 10.4. The second-order valence-corrected chi connectivity index (χ2v) is 5.45. The van der Waals surface area contributed by atoms with Gasteiger partial charge >= 0.3 is 6.09 Å². The summed E-state index contributed by atoms with van der Waals surface area (Å²) in [5.41, 5.74) is 2.26. The first-order chi connectivity index (χ1) is 11.9. The van der Waals surface area contributed by atoms with E-state index in [2.05, 4.69) is 20.5 Å². The Bertz CT molecular complexity index is 773. The summed E-state index contributed by atoms with van der Waals surface area (Å²) in [6.07, 6.45) is -0.518. The lowest BCUT2D eigenvalue weighted by molar-refractivity contribution is -0.116. The van der Waals surface area contributed by atoms with Crippen LogP contribution in [0.5, 0.6) is 0 Å². The van der Waals surface area contributed by atoms with Crippen LogP contribution in [0, 0.1) is 19.7 Å². The van der Waals surface area contributed by atoms with Crippen molar-refractivity contribution in [2.75, 3.05) is 18.5 Å². The number of rotatable bonds is 6. The summed E-state index contributed by atoms with van der Waals surface area (Å²) in [7, 11) is 0. The van der Waals surface area contributed by atoms with Gasteiger partial charge in [0.15, 0.2) is 5.82 Å². The van der Waals surface area contributed by atoms with Crippen molar-refractivity contribution in [3.05, 3.63) is 41.5 Å². The molecule has 2 N–H and O–H groups in total. The fourth-order valence-electron chi connectivity index (χ4n) is 2.31. The Labute approximate surface area is 145 Å². The average Bonchev–Trinajstić information content (AvgIpc) is 2.86. The molecule has 0 atom stereocenters. The molecule has 0 fully saturated rings. The van der Waals surface area contributed by atoms with Crippen LogP contribution in [0.3, 0.4) is 0 Å². The summed E-state index contributed by atoms with van der Waals surface area (Å²) in [5, 5.41) is 9.27. The minimum absolute atomic E-state index is 0.0552. The van der Waals surface area contributed by atoms with Crippen LogP contribution in [0.1, 0.15) is 24.7 Å². The van der Waals surface area contributed by atoms with Crippen LogP contribution in [0.25, 0.3) is 5.69 Å². The predicted molar refractivity (Wildman–Crippen MR) is 91.3 cm³/mol. The van der Waals surface area contributed by atoms with Gasteiger partial charge in [-0.3, -0.25) is 4.79 Å². The molecular formula is C17H21FN4O3. The van der Waals surface area contributed by atoms with E-state index in [0.717, 1.165) is 11.4 Å². The molecule has 0 aliphatic carbocycles. The Kier molecular flexibility index (Phi) is 6.10. The van der Waals surface area contributed by atoms with E-state index in [0.29, 0.717) is 11.4 Å². The molecule has 2 amide bonds. The number of nitrogens with zero attached hydrogens (tertiary/aromatic N) is 2. The fourth-order valence-corrected chi connectivity index (χ4v) is 2.31. The van der Waals surface area contributed by atoms with Crippen LogP contribution in [0.2, 0.25) is 0 Å². The predicted octanol–water partition coefficient (Wildman–Crippen LogP) is 2.70. The Balaban J connectivity index is 1.95. The van der Waals surface area contributed by atoms with Gasteiger partial charge in [0, 0.05) is 24.3 Å². The van der Waals surface area contributed by atoms with Crippen LogP contribution in [-0.2, 0) is 9.53 Å². The third-order valence-electron chi connectivity index (χ3n) is 3.37. The van der Waals surface area contributed by atoms with Crippen LogP contribution < -0.4 is 10.6 Å². The van der Waals surface area contributed by atoms with Gasteiger partial charge in [0.05, 0.1) is 12.3 Å². The lowest BCUT2D eigenvalue weighted by Gasteiger charge is -2.10. The summed E-state index contributed by atoms with van der Waals surface area (Å²) in [6, 6.07) is 6.25. The number of carbonyl (C=O) groups is 2. The number of hydrogen-bond acceptors (Lipinski definition) is 4. The van der Waals surface area contributed by atoms with Crippen molar-refractivity contribution in [2.24, 2.45) is 0 Å². The van der Waals surface area contributed by atoms with Crippen LogP contribution in [-0.4, -0.2) is 34.9 Å². The number of ether oxygens (including phenoxy) is 1. The molecule has 0 aliphatic rings. The Morgan fingerprint density at radius 3 is 2.64 bits per heavy atom. The van der Waals surface area contributed by atoms with E-state index in [1.807, 2.05) is 19.9 Å². The molecule has 0 aliphatic heterocycles. The van der Waals surface area contributed by atoms with Crippen molar-refractivity contribution in [1.29, 1.82) is 0 Å². The zero-order chi connectivity index (χ0) is 18.4. The van der Waals surface area contributed by atoms with Crippen LogP contribution in [0.15, 0.2) is 24.3 Å². The van der Waals surface area contributed by atoms with Crippen molar-refractivity contribution in [3.8, 4) is 5.69 Å². The molecule has 0 saturated carbocycles. The summed E-state index contributed by atoms with van der Waals surface area (Å²) >= 11 is 0. The molecule has 0 saturated heterocycles. The number of benzene rings is 1. The van der Waals surface area contributed by atoms with E-state index in [9.17, 15) is 14.0 Å². The number of anilines is 1. The number of halogens is 1. The van der Waals surface area contributed by atoms with Gasteiger partial charge in [-0.15, -0.1) is 0 Å². The number of hydrogen-bond donors (Lipinski definition) is 2. The number of carbonyl (C=O) groups excluding carboxylic acids is 2. The largest absolute Gasteiger partial charge is 0.450 e. The van der Waals surface area contributed by atoms with Gasteiger partial charge in [-0.25, -0.2) is 13.9 Å². The first kappa shape index (κ1) is 18.4. The van der Waals surface area contributed by atoms with Crippen LogP contribution >= 0.6 is 0 Å². The van der Waals surface area contributed by atoms with Gasteiger partial charge in [0.1, 0.15) is 5.69 Å². The second kappa shape index (κ2) is 8.27. The standard InChI is InChI=1S/C17H21FN4O3/c1-4-25-17(24)19-8-7-16(23)20-13-5-6-15(14(18)10-13)22-12(3)9-11(2)21-22/h5-6,9-10H,4,7-8H2,1-3H3,(H,19,24)(H,20,23). The maximum atomic E-state index is 14.3. The van der Waals surface area contributed by atoms with E-state index < -0.39 is 11.9 Å². The highest BCUT2D eigenvalue weighted by Gasteiger charge is 2.11. The molecule has 7 nitrogen and oxygen atoms in total. The zero-order valence-corrected chi connectivity index (χ0v) is 14.4. The molecule has 1 heterocycles. The highest BCUT2D eigenvalue weighted by atomic mass is 19.1. The lowest BCUT2D eigenvalue weighted by atomic mass is 10.2. The van der Waals surface area contributed by atoms with Crippen molar-refractivity contribution in [1.82, 2.24) is 15.1 Å². The van der Waals surface area contributed by atoms with Gasteiger partial charge < -0.3 is 15.4 Å². The molecule has 2 aromatic rings. The Hall–Kier alpha value is -2.90. The summed E-state index contributed by atoms with van der Waals surface area (Å²) in [6.45, 7) is 5.76. The molecule has 0 bridgehead atoms. The maximum Gasteiger partial charge on any atom is 0.407 e. The molecule has 0 unspecified atom stereocenters. The SMILES string of the molecule is CCOC(=O)NCCC(=O)Nc1ccc(-n2nc(C)cc2C)c(F)c1. The van der Waals surface area contributed by atoms with Gasteiger partial charge in [-0.2, -0.15) is 5.10 Å².